The monoisotopic (exact) mass is 425 g/mol. The van der Waals surface area contributed by atoms with Crippen molar-refractivity contribution in [3.05, 3.63) is 58.9 Å². The molecule has 1 fully saturated rings. The third-order valence-corrected chi connectivity index (χ3v) is 6.91. The number of amides is 1. The molecule has 9 heteroatoms. The number of sulfonamides is 1. The highest BCUT2D eigenvalue weighted by Crippen LogP contribution is 2.23. The Morgan fingerprint density at radius 3 is 2.46 bits per heavy atom. The van der Waals surface area contributed by atoms with Crippen molar-refractivity contribution in [1.29, 1.82) is 0 Å². The first kappa shape index (κ1) is 20.7. The zero-order valence-corrected chi connectivity index (χ0v) is 16.9. The number of likely N-dealkylation sites (N-methyl/N-ethyl adjacent to an activating group) is 1. The van der Waals surface area contributed by atoms with Crippen molar-refractivity contribution in [2.45, 2.75) is 11.8 Å². The van der Waals surface area contributed by atoms with E-state index in [-0.39, 0.29) is 21.2 Å². The summed E-state index contributed by atoms with van der Waals surface area (Å²) < 4.78 is 41.2. The van der Waals surface area contributed by atoms with Crippen LogP contribution in [0.3, 0.4) is 0 Å². The highest BCUT2D eigenvalue weighted by molar-refractivity contribution is 7.89. The van der Waals surface area contributed by atoms with Crippen molar-refractivity contribution in [2.24, 2.45) is 0 Å². The number of carbonyl (C=O) groups is 1. The van der Waals surface area contributed by atoms with Gasteiger partial charge in [0.25, 0.3) is 5.91 Å². The van der Waals surface area contributed by atoms with E-state index in [2.05, 4.69) is 10.2 Å². The molecule has 1 amide bonds. The summed E-state index contributed by atoms with van der Waals surface area (Å²) in [6.45, 7) is 5.11. The number of halogens is 2. The van der Waals surface area contributed by atoms with E-state index in [0.29, 0.717) is 26.2 Å². The molecule has 1 aliphatic heterocycles. The first-order chi connectivity index (χ1) is 13.3. The zero-order chi connectivity index (χ0) is 20.3. The molecule has 0 radical (unpaired) electrons. The second kappa shape index (κ2) is 8.57. The van der Waals surface area contributed by atoms with Gasteiger partial charge in [-0.1, -0.05) is 30.7 Å². The molecule has 28 heavy (non-hydrogen) atoms. The van der Waals surface area contributed by atoms with Crippen LogP contribution < -0.4 is 5.32 Å². The summed E-state index contributed by atoms with van der Waals surface area (Å²) in [7, 11) is -3.68. The van der Waals surface area contributed by atoms with Gasteiger partial charge in [0.15, 0.2) is 0 Å². The second-order valence-corrected chi connectivity index (χ2v) is 8.76. The molecule has 2 aromatic carbocycles. The van der Waals surface area contributed by atoms with E-state index < -0.39 is 21.7 Å². The van der Waals surface area contributed by atoms with E-state index >= 15 is 0 Å². The summed E-state index contributed by atoms with van der Waals surface area (Å²) in [6.07, 6.45) is 0. The van der Waals surface area contributed by atoms with E-state index in [1.807, 2.05) is 6.92 Å². The lowest BCUT2D eigenvalue weighted by atomic mass is 10.2. The lowest BCUT2D eigenvalue weighted by Gasteiger charge is -2.33. The average molecular weight is 426 g/mol. The van der Waals surface area contributed by atoms with Crippen LogP contribution in [0.2, 0.25) is 5.02 Å². The predicted octanol–water partition coefficient (Wildman–Crippen LogP) is 3.06. The smallest absolute Gasteiger partial charge is 0.260 e. The molecule has 0 saturated carbocycles. The Labute approximate surface area is 168 Å². The Balaban J connectivity index is 1.80. The van der Waals surface area contributed by atoms with Crippen molar-refractivity contribution in [2.75, 3.05) is 38.0 Å². The molecule has 1 saturated heterocycles. The summed E-state index contributed by atoms with van der Waals surface area (Å²) in [4.78, 5) is 14.6. The Kier molecular flexibility index (Phi) is 6.34. The third-order valence-electron chi connectivity index (χ3n) is 4.70. The molecule has 1 N–H and O–H groups in total. The summed E-state index contributed by atoms with van der Waals surface area (Å²) >= 11 is 5.91. The number of piperazine rings is 1. The predicted molar refractivity (Wildman–Crippen MR) is 107 cm³/mol. The molecule has 3 rings (SSSR count). The molecule has 0 aliphatic carbocycles. The molecule has 0 unspecified atom stereocenters. The molecule has 1 heterocycles. The first-order valence-corrected chi connectivity index (χ1v) is 10.7. The Morgan fingerprint density at radius 1 is 1.14 bits per heavy atom. The quantitative estimate of drug-likeness (QED) is 0.799. The molecule has 0 aromatic heterocycles. The van der Waals surface area contributed by atoms with Gasteiger partial charge in [0.1, 0.15) is 5.82 Å². The minimum Gasteiger partial charge on any atom is -0.322 e. The van der Waals surface area contributed by atoms with E-state index in [9.17, 15) is 17.6 Å². The molecule has 0 bridgehead atoms. The maximum atomic E-state index is 13.9. The number of carbonyl (C=O) groups excluding carboxylic acids is 1. The molecule has 2 aromatic rings. The molecule has 6 nitrogen and oxygen atoms in total. The largest absolute Gasteiger partial charge is 0.322 e. The standard InChI is InChI=1S/C19H21ClFN3O3S/c1-2-23-9-11-24(12-10-23)28(26,27)15-6-3-5-14(13-15)22-19(25)18-16(20)7-4-8-17(18)21/h3-8,13H,2,9-12H2,1H3,(H,22,25). The number of nitrogens with one attached hydrogen (secondary N) is 1. The van der Waals surface area contributed by atoms with Gasteiger partial charge >= 0.3 is 0 Å². The van der Waals surface area contributed by atoms with Crippen LogP contribution >= 0.6 is 11.6 Å². The maximum absolute atomic E-state index is 13.9. The highest BCUT2D eigenvalue weighted by Gasteiger charge is 2.28. The molecule has 0 atom stereocenters. The Bertz CT molecular complexity index is 956. The SMILES string of the molecule is CCN1CCN(S(=O)(=O)c2cccc(NC(=O)c3c(F)cccc3Cl)c2)CC1. The zero-order valence-electron chi connectivity index (χ0n) is 15.4. The van der Waals surface area contributed by atoms with Crippen molar-refractivity contribution in [1.82, 2.24) is 9.21 Å². The fourth-order valence-electron chi connectivity index (χ4n) is 3.08. The lowest BCUT2D eigenvalue weighted by Crippen LogP contribution is -2.48. The Hall–Kier alpha value is -2.00. The van der Waals surface area contributed by atoms with E-state index in [0.717, 1.165) is 12.6 Å². The first-order valence-electron chi connectivity index (χ1n) is 8.91. The minimum atomic E-state index is -3.68. The third kappa shape index (κ3) is 4.35. The molecule has 0 spiro atoms. The summed E-state index contributed by atoms with van der Waals surface area (Å²) in [5.74, 6) is -1.49. The molecule has 150 valence electrons. The molecular formula is C19H21ClFN3O3S. The van der Waals surface area contributed by atoms with Crippen LogP contribution in [0, 0.1) is 5.82 Å². The van der Waals surface area contributed by atoms with Gasteiger partial charge in [0.05, 0.1) is 15.5 Å². The number of hydrogen-bond acceptors (Lipinski definition) is 4. The van der Waals surface area contributed by atoms with Crippen LogP contribution in [0.5, 0.6) is 0 Å². The summed E-state index contributed by atoms with van der Waals surface area (Å²) in [5, 5.41) is 2.50. The number of rotatable bonds is 5. The van der Waals surface area contributed by atoms with Gasteiger partial charge in [0, 0.05) is 31.9 Å². The van der Waals surface area contributed by atoms with E-state index in [1.54, 1.807) is 6.07 Å². The normalized spacial score (nSPS) is 16.1. The minimum absolute atomic E-state index is 0.0185. The van der Waals surface area contributed by atoms with Crippen molar-refractivity contribution in [3.8, 4) is 0 Å². The van der Waals surface area contributed by atoms with Crippen LogP contribution in [-0.4, -0.2) is 56.3 Å². The van der Waals surface area contributed by atoms with Gasteiger partial charge in [-0.15, -0.1) is 0 Å². The van der Waals surface area contributed by atoms with Crippen LogP contribution in [0.15, 0.2) is 47.4 Å². The fourth-order valence-corrected chi connectivity index (χ4v) is 4.80. The van der Waals surface area contributed by atoms with E-state index in [4.69, 9.17) is 11.6 Å². The van der Waals surface area contributed by atoms with Gasteiger partial charge in [0.2, 0.25) is 10.0 Å². The number of benzene rings is 2. The fraction of sp³-hybridized carbons (Fsp3) is 0.316. The van der Waals surface area contributed by atoms with Crippen molar-refractivity contribution in [3.63, 3.8) is 0 Å². The van der Waals surface area contributed by atoms with Gasteiger partial charge in [-0.05, 0) is 36.9 Å². The Morgan fingerprint density at radius 2 is 1.82 bits per heavy atom. The highest BCUT2D eigenvalue weighted by atomic mass is 35.5. The topological polar surface area (TPSA) is 69.7 Å². The van der Waals surface area contributed by atoms with Crippen LogP contribution in [0.1, 0.15) is 17.3 Å². The van der Waals surface area contributed by atoms with Crippen molar-refractivity contribution >= 4 is 33.2 Å². The second-order valence-electron chi connectivity index (χ2n) is 6.42. The van der Waals surface area contributed by atoms with Crippen molar-refractivity contribution < 1.29 is 17.6 Å². The number of hydrogen-bond donors (Lipinski definition) is 1. The van der Waals surface area contributed by atoms with Gasteiger partial charge in [-0.3, -0.25) is 4.79 Å². The average Bonchev–Trinajstić information content (AvgIpc) is 2.68. The van der Waals surface area contributed by atoms with Gasteiger partial charge in [-0.2, -0.15) is 4.31 Å². The lowest BCUT2D eigenvalue weighted by molar-refractivity contribution is 0.102. The summed E-state index contributed by atoms with van der Waals surface area (Å²) in [5.41, 5.74) is -0.0364. The van der Waals surface area contributed by atoms with Gasteiger partial charge < -0.3 is 10.2 Å². The van der Waals surface area contributed by atoms with Crippen LogP contribution in [0.25, 0.3) is 0 Å². The maximum Gasteiger partial charge on any atom is 0.260 e. The number of nitrogens with zero attached hydrogens (tertiary/aromatic N) is 2. The van der Waals surface area contributed by atoms with Gasteiger partial charge in [-0.25, -0.2) is 12.8 Å². The molecular weight excluding hydrogens is 405 g/mol. The summed E-state index contributed by atoms with van der Waals surface area (Å²) in [6, 6.07) is 9.88. The van der Waals surface area contributed by atoms with E-state index in [1.165, 1.54) is 34.6 Å². The van der Waals surface area contributed by atoms with Crippen LogP contribution in [0.4, 0.5) is 10.1 Å². The number of anilines is 1. The molecule has 1 aliphatic rings. The van der Waals surface area contributed by atoms with Crippen LogP contribution in [-0.2, 0) is 10.0 Å².